The Morgan fingerprint density at radius 1 is 1.58 bits per heavy atom. The molecule has 2 atom stereocenters. The second-order valence-corrected chi connectivity index (χ2v) is 5.40. The average Bonchev–Trinajstić information content (AvgIpc) is 2.37. The van der Waals surface area contributed by atoms with Crippen LogP contribution in [0.4, 0.5) is 4.39 Å². The SMILES string of the molecule is C[C@H]1CCCN(C(=O)c2ccc(F)cc2Cl)[C@@H]1CO. The summed E-state index contributed by atoms with van der Waals surface area (Å²) >= 11 is 5.92. The molecule has 3 nitrogen and oxygen atoms in total. The molecule has 1 fully saturated rings. The van der Waals surface area contributed by atoms with Crippen molar-refractivity contribution in [1.29, 1.82) is 0 Å². The van der Waals surface area contributed by atoms with Crippen molar-refractivity contribution in [3.05, 3.63) is 34.6 Å². The van der Waals surface area contributed by atoms with Crippen molar-refractivity contribution in [3.63, 3.8) is 0 Å². The van der Waals surface area contributed by atoms with Crippen LogP contribution < -0.4 is 0 Å². The molecule has 0 radical (unpaired) electrons. The summed E-state index contributed by atoms with van der Waals surface area (Å²) in [5.41, 5.74) is 0.288. The molecule has 19 heavy (non-hydrogen) atoms. The van der Waals surface area contributed by atoms with Gasteiger partial charge in [-0.05, 0) is 37.0 Å². The summed E-state index contributed by atoms with van der Waals surface area (Å²) in [7, 11) is 0. The van der Waals surface area contributed by atoms with E-state index in [1.165, 1.54) is 12.1 Å². The van der Waals surface area contributed by atoms with Crippen LogP contribution in [0.2, 0.25) is 5.02 Å². The summed E-state index contributed by atoms with van der Waals surface area (Å²) in [6.45, 7) is 2.56. The van der Waals surface area contributed by atoms with E-state index in [-0.39, 0.29) is 35.1 Å². The number of carbonyl (C=O) groups is 1. The van der Waals surface area contributed by atoms with Gasteiger partial charge in [-0.15, -0.1) is 0 Å². The lowest BCUT2D eigenvalue weighted by molar-refractivity contribution is 0.0358. The minimum atomic E-state index is -0.465. The van der Waals surface area contributed by atoms with Crippen LogP contribution in [0.15, 0.2) is 18.2 Å². The van der Waals surface area contributed by atoms with Crippen LogP contribution in [-0.4, -0.2) is 35.1 Å². The van der Waals surface area contributed by atoms with Gasteiger partial charge in [0.05, 0.1) is 23.2 Å². The summed E-state index contributed by atoms with van der Waals surface area (Å²) in [6.07, 6.45) is 1.90. The maximum Gasteiger partial charge on any atom is 0.255 e. The lowest BCUT2D eigenvalue weighted by Gasteiger charge is -2.39. The third-order valence-electron chi connectivity index (χ3n) is 3.73. The number of carbonyl (C=O) groups excluding carboxylic acids is 1. The van der Waals surface area contributed by atoms with Crippen LogP contribution in [0.3, 0.4) is 0 Å². The standard InChI is InChI=1S/C14H17ClFNO2/c1-9-3-2-6-17(13(9)8-18)14(19)11-5-4-10(16)7-12(11)15/h4-5,7,9,13,18H,2-3,6,8H2,1H3/t9-,13+/m0/s1. The van der Waals surface area contributed by atoms with Gasteiger partial charge in [-0.25, -0.2) is 4.39 Å². The van der Waals surface area contributed by atoms with Crippen LogP contribution >= 0.6 is 11.6 Å². The molecule has 1 heterocycles. The van der Waals surface area contributed by atoms with Crippen LogP contribution in [0, 0.1) is 11.7 Å². The first kappa shape index (κ1) is 14.3. The Kier molecular flexibility index (Phi) is 4.42. The lowest BCUT2D eigenvalue weighted by Crippen LogP contribution is -2.49. The van der Waals surface area contributed by atoms with Gasteiger partial charge in [-0.2, -0.15) is 0 Å². The molecule has 1 aromatic rings. The number of piperidine rings is 1. The topological polar surface area (TPSA) is 40.5 Å². The van der Waals surface area contributed by atoms with Gasteiger partial charge in [0, 0.05) is 6.54 Å². The highest BCUT2D eigenvalue weighted by molar-refractivity contribution is 6.33. The zero-order valence-electron chi connectivity index (χ0n) is 10.8. The predicted molar refractivity (Wildman–Crippen MR) is 71.7 cm³/mol. The molecular formula is C14H17ClFNO2. The predicted octanol–water partition coefficient (Wildman–Crippen LogP) is 2.71. The summed E-state index contributed by atoms with van der Waals surface area (Å²) in [5.74, 6) is -0.454. The van der Waals surface area contributed by atoms with Crippen LogP contribution in [0.5, 0.6) is 0 Å². The van der Waals surface area contributed by atoms with E-state index in [2.05, 4.69) is 0 Å². The first-order chi connectivity index (χ1) is 9.04. The van der Waals surface area contributed by atoms with Gasteiger partial charge in [0.2, 0.25) is 0 Å². The minimum absolute atomic E-state index is 0.0638. The lowest BCUT2D eigenvalue weighted by atomic mass is 9.90. The number of aliphatic hydroxyl groups is 1. The molecule has 2 rings (SSSR count). The van der Waals surface area contributed by atoms with E-state index in [0.29, 0.717) is 6.54 Å². The molecule has 0 saturated carbocycles. The van der Waals surface area contributed by atoms with Crippen LogP contribution in [0.1, 0.15) is 30.1 Å². The smallest absolute Gasteiger partial charge is 0.255 e. The van der Waals surface area contributed by atoms with Gasteiger partial charge >= 0.3 is 0 Å². The number of likely N-dealkylation sites (tertiary alicyclic amines) is 1. The Morgan fingerprint density at radius 3 is 2.95 bits per heavy atom. The van der Waals surface area contributed by atoms with E-state index in [9.17, 15) is 14.3 Å². The van der Waals surface area contributed by atoms with Gasteiger partial charge in [0.1, 0.15) is 5.82 Å². The Labute approximate surface area is 117 Å². The molecule has 104 valence electrons. The fraction of sp³-hybridized carbons (Fsp3) is 0.500. The van der Waals surface area contributed by atoms with E-state index >= 15 is 0 Å². The fourth-order valence-electron chi connectivity index (χ4n) is 2.60. The first-order valence-corrected chi connectivity index (χ1v) is 6.79. The third kappa shape index (κ3) is 2.90. The van der Waals surface area contributed by atoms with Gasteiger partial charge in [0.25, 0.3) is 5.91 Å². The van der Waals surface area contributed by atoms with Gasteiger partial charge in [0.15, 0.2) is 0 Å². The maximum absolute atomic E-state index is 13.0. The van der Waals surface area contributed by atoms with Crippen molar-refractivity contribution in [1.82, 2.24) is 4.90 Å². The first-order valence-electron chi connectivity index (χ1n) is 6.41. The van der Waals surface area contributed by atoms with E-state index in [1.54, 1.807) is 4.90 Å². The molecule has 0 bridgehead atoms. The van der Waals surface area contributed by atoms with E-state index < -0.39 is 5.82 Å². The number of rotatable bonds is 2. The number of amides is 1. The Hall–Kier alpha value is -1.13. The van der Waals surface area contributed by atoms with Crippen molar-refractivity contribution in [2.45, 2.75) is 25.8 Å². The van der Waals surface area contributed by atoms with Gasteiger partial charge in [-0.3, -0.25) is 4.79 Å². The number of hydrogen-bond donors (Lipinski definition) is 1. The molecule has 0 aromatic heterocycles. The second kappa shape index (κ2) is 5.88. The summed E-state index contributed by atoms with van der Waals surface area (Å²) in [4.78, 5) is 14.1. The Balaban J connectivity index is 2.27. The molecule has 1 aliphatic rings. The molecule has 0 unspecified atom stereocenters. The normalized spacial score (nSPS) is 23.5. The number of hydrogen-bond acceptors (Lipinski definition) is 2. The van der Waals surface area contributed by atoms with Crippen molar-refractivity contribution in [3.8, 4) is 0 Å². The number of halogens is 2. The van der Waals surface area contributed by atoms with Crippen LogP contribution in [-0.2, 0) is 0 Å². The molecule has 1 aliphatic heterocycles. The zero-order chi connectivity index (χ0) is 14.0. The van der Waals surface area contributed by atoms with Crippen LogP contribution in [0.25, 0.3) is 0 Å². The summed E-state index contributed by atoms with van der Waals surface area (Å²) in [5, 5.41) is 9.57. The highest BCUT2D eigenvalue weighted by Crippen LogP contribution is 2.27. The quantitative estimate of drug-likeness (QED) is 0.908. The summed E-state index contributed by atoms with van der Waals surface area (Å²) in [6, 6.07) is 3.56. The summed E-state index contributed by atoms with van der Waals surface area (Å²) < 4.78 is 13.0. The molecular weight excluding hydrogens is 269 g/mol. The Bertz CT molecular complexity index is 481. The number of nitrogens with zero attached hydrogens (tertiary/aromatic N) is 1. The molecule has 1 aromatic carbocycles. The number of benzene rings is 1. The molecule has 1 N–H and O–H groups in total. The fourth-order valence-corrected chi connectivity index (χ4v) is 2.85. The second-order valence-electron chi connectivity index (χ2n) is 4.99. The largest absolute Gasteiger partial charge is 0.394 e. The van der Waals surface area contributed by atoms with Crippen molar-refractivity contribution >= 4 is 17.5 Å². The van der Waals surface area contributed by atoms with Crippen molar-refractivity contribution in [2.24, 2.45) is 5.92 Å². The average molecular weight is 286 g/mol. The van der Waals surface area contributed by atoms with E-state index in [0.717, 1.165) is 18.9 Å². The molecule has 0 spiro atoms. The molecule has 1 amide bonds. The monoisotopic (exact) mass is 285 g/mol. The zero-order valence-corrected chi connectivity index (χ0v) is 11.5. The molecule has 5 heteroatoms. The van der Waals surface area contributed by atoms with Crippen molar-refractivity contribution in [2.75, 3.05) is 13.2 Å². The van der Waals surface area contributed by atoms with Gasteiger partial charge in [-0.1, -0.05) is 18.5 Å². The van der Waals surface area contributed by atoms with Gasteiger partial charge < -0.3 is 10.0 Å². The van der Waals surface area contributed by atoms with E-state index in [1.807, 2.05) is 6.92 Å². The molecule has 0 aliphatic carbocycles. The Morgan fingerprint density at radius 2 is 2.32 bits per heavy atom. The minimum Gasteiger partial charge on any atom is -0.394 e. The van der Waals surface area contributed by atoms with E-state index in [4.69, 9.17) is 11.6 Å². The third-order valence-corrected chi connectivity index (χ3v) is 4.04. The highest BCUT2D eigenvalue weighted by atomic mass is 35.5. The maximum atomic E-state index is 13.0. The highest BCUT2D eigenvalue weighted by Gasteiger charge is 2.32. The number of aliphatic hydroxyl groups excluding tert-OH is 1. The molecule has 1 saturated heterocycles. The van der Waals surface area contributed by atoms with Crippen molar-refractivity contribution < 1.29 is 14.3 Å².